The van der Waals surface area contributed by atoms with Gasteiger partial charge >= 0.3 is 0 Å². The number of nitrogens with one attached hydrogen (secondary N) is 1. The molecule has 0 saturated carbocycles. The SMILES string of the molecule is CCCNCC(COC)n1nnc(-c2ccccc2)n1. The van der Waals surface area contributed by atoms with E-state index in [4.69, 9.17) is 4.74 Å². The molecule has 0 aliphatic carbocycles. The maximum Gasteiger partial charge on any atom is 0.204 e. The van der Waals surface area contributed by atoms with Crippen LogP contribution in [0.2, 0.25) is 0 Å². The first-order chi connectivity index (χ1) is 9.85. The molecule has 0 fully saturated rings. The molecule has 0 aliphatic rings. The van der Waals surface area contributed by atoms with Crippen LogP contribution in [0.25, 0.3) is 11.4 Å². The van der Waals surface area contributed by atoms with Gasteiger partial charge in [-0.1, -0.05) is 37.3 Å². The van der Waals surface area contributed by atoms with Gasteiger partial charge in [-0.2, -0.15) is 4.80 Å². The Morgan fingerprint density at radius 3 is 2.80 bits per heavy atom. The lowest BCUT2D eigenvalue weighted by Gasteiger charge is -2.14. The predicted molar refractivity (Wildman–Crippen MR) is 77.3 cm³/mol. The van der Waals surface area contributed by atoms with E-state index in [1.54, 1.807) is 11.9 Å². The average molecular weight is 275 g/mol. The number of hydrogen-bond donors (Lipinski definition) is 1. The fourth-order valence-electron chi connectivity index (χ4n) is 1.93. The summed E-state index contributed by atoms with van der Waals surface area (Å²) in [4.78, 5) is 1.63. The van der Waals surface area contributed by atoms with Crippen LogP contribution in [0, 0.1) is 0 Å². The topological polar surface area (TPSA) is 64.9 Å². The second kappa shape index (κ2) is 7.72. The Morgan fingerprint density at radius 2 is 2.10 bits per heavy atom. The van der Waals surface area contributed by atoms with E-state index in [-0.39, 0.29) is 6.04 Å². The molecule has 2 aromatic rings. The first-order valence-corrected chi connectivity index (χ1v) is 6.89. The second-order valence-corrected chi connectivity index (χ2v) is 4.61. The van der Waals surface area contributed by atoms with Crippen molar-refractivity contribution in [2.24, 2.45) is 0 Å². The Labute approximate surface area is 119 Å². The van der Waals surface area contributed by atoms with Crippen LogP contribution in [0.4, 0.5) is 0 Å². The summed E-state index contributed by atoms with van der Waals surface area (Å²) in [6.45, 7) is 4.44. The first-order valence-electron chi connectivity index (χ1n) is 6.89. The maximum atomic E-state index is 5.24. The van der Waals surface area contributed by atoms with E-state index >= 15 is 0 Å². The van der Waals surface area contributed by atoms with E-state index in [1.165, 1.54) is 0 Å². The number of aromatic nitrogens is 4. The molecule has 1 heterocycles. The van der Waals surface area contributed by atoms with E-state index in [1.807, 2.05) is 30.3 Å². The standard InChI is InChI=1S/C14H21N5O/c1-3-9-15-10-13(11-20-2)19-17-14(16-18-19)12-7-5-4-6-8-12/h4-8,13,15H,3,9-11H2,1-2H3. The molecule has 1 unspecified atom stereocenters. The van der Waals surface area contributed by atoms with Gasteiger partial charge in [0, 0.05) is 19.2 Å². The minimum atomic E-state index is 0.0523. The summed E-state index contributed by atoms with van der Waals surface area (Å²) in [5.74, 6) is 0.641. The Balaban J connectivity index is 2.08. The van der Waals surface area contributed by atoms with Crippen molar-refractivity contribution >= 4 is 0 Å². The summed E-state index contributed by atoms with van der Waals surface area (Å²) >= 11 is 0. The van der Waals surface area contributed by atoms with Gasteiger partial charge in [0.25, 0.3) is 0 Å². The molecular formula is C14H21N5O. The van der Waals surface area contributed by atoms with Crippen LogP contribution in [0.3, 0.4) is 0 Å². The maximum absolute atomic E-state index is 5.24. The quantitative estimate of drug-likeness (QED) is 0.740. The highest BCUT2D eigenvalue weighted by molar-refractivity contribution is 5.52. The average Bonchev–Trinajstić information content (AvgIpc) is 2.97. The van der Waals surface area contributed by atoms with Gasteiger partial charge in [0.1, 0.15) is 6.04 Å². The van der Waals surface area contributed by atoms with Gasteiger partial charge in [0.2, 0.25) is 5.82 Å². The number of ether oxygens (including phenoxy) is 1. The Morgan fingerprint density at radius 1 is 1.30 bits per heavy atom. The van der Waals surface area contributed by atoms with Crippen LogP contribution < -0.4 is 5.32 Å². The molecule has 1 aromatic carbocycles. The predicted octanol–water partition coefficient (Wildman–Crippen LogP) is 1.53. The van der Waals surface area contributed by atoms with E-state index in [0.717, 1.165) is 25.1 Å². The fraction of sp³-hybridized carbons (Fsp3) is 0.500. The van der Waals surface area contributed by atoms with Gasteiger partial charge < -0.3 is 10.1 Å². The molecule has 108 valence electrons. The Bertz CT molecular complexity index is 499. The fourth-order valence-corrected chi connectivity index (χ4v) is 1.93. The molecule has 1 atom stereocenters. The minimum absolute atomic E-state index is 0.0523. The lowest BCUT2D eigenvalue weighted by Crippen LogP contribution is -2.30. The van der Waals surface area contributed by atoms with Gasteiger partial charge in [-0.25, -0.2) is 0 Å². The minimum Gasteiger partial charge on any atom is -0.382 e. The molecule has 1 aromatic heterocycles. The third-order valence-corrected chi connectivity index (χ3v) is 2.95. The van der Waals surface area contributed by atoms with Crippen LogP contribution in [-0.4, -0.2) is 47.0 Å². The van der Waals surface area contributed by atoms with Crippen molar-refractivity contribution in [1.29, 1.82) is 0 Å². The number of nitrogens with zero attached hydrogens (tertiary/aromatic N) is 4. The van der Waals surface area contributed by atoms with Gasteiger partial charge in [-0.3, -0.25) is 0 Å². The highest BCUT2D eigenvalue weighted by Gasteiger charge is 2.15. The number of benzene rings is 1. The highest BCUT2D eigenvalue weighted by Crippen LogP contribution is 2.13. The van der Waals surface area contributed by atoms with Crippen molar-refractivity contribution in [3.63, 3.8) is 0 Å². The molecular weight excluding hydrogens is 254 g/mol. The molecule has 6 nitrogen and oxygen atoms in total. The lowest BCUT2D eigenvalue weighted by atomic mass is 10.2. The summed E-state index contributed by atoms with van der Waals surface area (Å²) in [6, 6.07) is 9.90. The number of rotatable bonds is 8. The molecule has 0 aliphatic heterocycles. The largest absolute Gasteiger partial charge is 0.382 e. The van der Waals surface area contributed by atoms with Crippen LogP contribution in [0.1, 0.15) is 19.4 Å². The van der Waals surface area contributed by atoms with Crippen LogP contribution >= 0.6 is 0 Å². The van der Waals surface area contributed by atoms with Crippen molar-refractivity contribution in [2.75, 3.05) is 26.8 Å². The smallest absolute Gasteiger partial charge is 0.204 e. The Kier molecular flexibility index (Phi) is 5.64. The number of tetrazole rings is 1. The molecule has 0 saturated heterocycles. The third-order valence-electron chi connectivity index (χ3n) is 2.95. The van der Waals surface area contributed by atoms with Crippen LogP contribution in [-0.2, 0) is 4.74 Å². The third kappa shape index (κ3) is 3.85. The summed E-state index contributed by atoms with van der Waals surface area (Å²) in [5, 5.41) is 16.1. The molecule has 0 radical (unpaired) electrons. The second-order valence-electron chi connectivity index (χ2n) is 4.61. The van der Waals surface area contributed by atoms with Crippen molar-refractivity contribution in [1.82, 2.24) is 25.5 Å². The molecule has 6 heteroatoms. The summed E-state index contributed by atoms with van der Waals surface area (Å²) in [7, 11) is 1.68. The van der Waals surface area contributed by atoms with Crippen LogP contribution in [0.5, 0.6) is 0 Å². The molecule has 0 spiro atoms. The number of methoxy groups -OCH3 is 1. The van der Waals surface area contributed by atoms with Crippen molar-refractivity contribution in [3.8, 4) is 11.4 Å². The zero-order valence-corrected chi connectivity index (χ0v) is 12.0. The van der Waals surface area contributed by atoms with Gasteiger partial charge in [-0.15, -0.1) is 10.2 Å². The molecule has 2 rings (SSSR count). The first kappa shape index (κ1) is 14.6. The van der Waals surface area contributed by atoms with Gasteiger partial charge in [0.15, 0.2) is 0 Å². The van der Waals surface area contributed by atoms with Crippen molar-refractivity contribution < 1.29 is 4.74 Å². The van der Waals surface area contributed by atoms with Crippen LogP contribution in [0.15, 0.2) is 30.3 Å². The zero-order chi connectivity index (χ0) is 14.2. The summed E-state index contributed by atoms with van der Waals surface area (Å²) < 4.78 is 5.24. The number of hydrogen-bond acceptors (Lipinski definition) is 5. The molecule has 20 heavy (non-hydrogen) atoms. The van der Waals surface area contributed by atoms with E-state index in [2.05, 4.69) is 27.7 Å². The molecule has 0 amide bonds. The lowest BCUT2D eigenvalue weighted by molar-refractivity contribution is 0.140. The van der Waals surface area contributed by atoms with Crippen molar-refractivity contribution in [2.45, 2.75) is 19.4 Å². The normalized spacial score (nSPS) is 12.5. The van der Waals surface area contributed by atoms with E-state index in [0.29, 0.717) is 12.4 Å². The van der Waals surface area contributed by atoms with Crippen molar-refractivity contribution in [3.05, 3.63) is 30.3 Å². The summed E-state index contributed by atoms with van der Waals surface area (Å²) in [5.41, 5.74) is 0.969. The Hall–Kier alpha value is -1.79. The molecule has 1 N–H and O–H groups in total. The van der Waals surface area contributed by atoms with E-state index < -0.39 is 0 Å². The monoisotopic (exact) mass is 275 g/mol. The molecule has 0 bridgehead atoms. The van der Waals surface area contributed by atoms with Gasteiger partial charge in [-0.05, 0) is 18.2 Å². The highest BCUT2D eigenvalue weighted by atomic mass is 16.5. The summed E-state index contributed by atoms with van der Waals surface area (Å²) in [6.07, 6.45) is 1.10. The zero-order valence-electron chi connectivity index (χ0n) is 12.0. The van der Waals surface area contributed by atoms with Gasteiger partial charge in [0.05, 0.1) is 6.61 Å². The van der Waals surface area contributed by atoms with E-state index in [9.17, 15) is 0 Å².